The number of morpholine rings is 1. The van der Waals surface area contributed by atoms with Crippen molar-refractivity contribution < 1.29 is 19.1 Å². The number of hydrogen-bond acceptors (Lipinski definition) is 4. The predicted octanol–water partition coefficient (Wildman–Crippen LogP) is 1.51. The van der Waals surface area contributed by atoms with Crippen molar-refractivity contribution in [2.24, 2.45) is 0 Å². The van der Waals surface area contributed by atoms with Gasteiger partial charge in [0.25, 0.3) is 5.91 Å². The molecule has 0 aliphatic carbocycles. The summed E-state index contributed by atoms with van der Waals surface area (Å²) in [5, 5.41) is 3.34. The molecule has 0 spiro atoms. The van der Waals surface area contributed by atoms with Crippen molar-refractivity contribution in [2.45, 2.75) is 43.9 Å². The van der Waals surface area contributed by atoms with Crippen molar-refractivity contribution in [3.8, 4) is 0 Å². The molecule has 28 heavy (non-hydrogen) atoms. The van der Waals surface area contributed by atoms with E-state index < -0.39 is 12.1 Å². The zero-order valence-electron chi connectivity index (χ0n) is 15.6. The number of ether oxygens (including phenoxy) is 1. The second kappa shape index (κ2) is 8.09. The van der Waals surface area contributed by atoms with Gasteiger partial charge in [-0.3, -0.25) is 14.4 Å². The van der Waals surface area contributed by atoms with Gasteiger partial charge in [-0.2, -0.15) is 0 Å². The monoisotopic (exact) mass is 405 g/mol. The number of nitrogens with zero attached hydrogens (tertiary/aromatic N) is 2. The molecule has 1 aromatic rings. The molecule has 3 amide bonds. The van der Waals surface area contributed by atoms with Crippen LogP contribution < -0.4 is 5.32 Å². The fourth-order valence-electron chi connectivity index (χ4n) is 4.37. The van der Waals surface area contributed by atoms with E-state index in [9.17, 15) is 14.4 Å². The molecular formula is C20H24ClN3O4. The van der Waals surface area contributed by atoms with Gasteiger partial charge in [0.1, 0.15) is 6.61 Å². The fraction of sp³-hybridized carbons (Fsp3) is 0.550. The standard InChI is InChI=1S/C20H24ClN3O4/c21-15-5-2-1-4-14(15)18-19(28-12-16(25)22-18)20(27)23-10-7-13(8-11-23)24-9-3-6-17(24)26/h1-2,4-5,13,18-19H,3,6-12H2,(H,22,25)/t18-,19+/m1/s1. The molecule has 4 rings (SSSR count). The molecule has 0 bridgehead atoms. The highest BCUT2D eigenvalue weighted by Crippen LogP contribution is 2.30. The van der Waals surface area contributed by atoms with E-state index in [-0.39, 0.29) is 30.4 Å². The first-order valence-electron chi connectivity index (χ1n) is 9.78. The molecule has 3 heterocycles. The minimum atomic E-state index is -0.803. The van der Waals surface area contributed by atoms with E-state index in [1.807, 2.05) is 11.0 Å². The van der Waals surface area contributed by atoms with E-state index >= 15 is 0 Å². The maximum Gasteiger partial charge on any atom is 0.254 e. The van der Waals surface area contributed by atoms with Crippen molar-refractivity contribution in [3.63, 3.8) is 0 Å². The molecule has 0 radical (unpaired) electrons. The smallest absolute Gasteiger partial charge is 0.254 e. The number of piperidine rings is 1. The molecule has 3 fully saturated rings. The highest BCUT2D eigenvalue weighted by atomic mass is 35.5. The van der Waals surface area contributed by atoms with E-state index in [0.717, 1.165) is 25.8 Å². The Labute approximate surface area is 168 Å². The Balaban J connectivity index is 1.45. The van der Waals surface area contributed by atoms with Gasteiger partial charge in [-0.15, -0.1) is 0 Å². The number of benzene rings is 1. The summed E-state index contributed by atoms with van der Waals surface area (Å²) in [6, 6.07) is 6.76. The van der Waals surface area contributed by atoms with Crippen LogP contribution in [0.1, 0.15) is 37.3 Å². The van der Waals surface area contributed by atoms with Crippen LogP contribution in [-0.2, 0) is 19.1 Å². The van der Waals surface area contributed by atoms with Gasteiger partial charge in [0.15, 0.2) is 6.10 Å². The average Bonchev–Trinajstić information content (AvgIpc) is 3.14. The van der Waals surface area contributed by atoms with E-state index in [0.29, 0.717) is 30.1 Å². The summed E-state index contributed by atoms with van der Waals surface area (Å²) in [6.07, 6.45) is 2.30. The molecule has 7 nitrogen and oxygen atoms in total. The number of likely N-dealkylation sites (tertiary alicyclic amines) is 2. The molecule has 0 saturated carbocycles. The molecular weight excluding hydrogens is 382 g/mol. The highest BCUT2D eigenvalue weighted by molar-refractivity contribution is 6.31. The minimum absolute atomic E-state index is 0.142. The molecule has 2 atom stereocenters. The van der Waals surface area contributed by atoms with Crippen molar-refractivity contribution in [1.29, 1.82) is 0 Å². The van der Waals surface area contributed by atoms with Crippen LogP contribution in [0.4, 0.5) is 0 Å². The second-order valence-electron chi connectivity index (χ2n) is 7.55. The van der Waals surface area contributed by atoms with Crippen LogP contribution in [0.2, 0.25) is 5.02 Å². The third kappa shape index (κ3) is 3.73. The molecule has 0 aromatic heterocycles. The maximum atomic E-state index is 13.2. The quantitative estimate of drug-likeness (QED) is 0.826. The third-order valence-corrected chi connectivity index (χ3v) is 6.17. The summed E-state index contributed by atoms with van der Waals surface area (Å²) in [5.74, 6) is -0.182. The van der Waals surface area contributed by atoms with Gasteiger partial charge in [-0.1, -0.05) is 29.8 Å². The van der Waals surface area contributed by atoms with Crippen LogP contribution in [0, 0.1) is 0 Å². The Morgan fingerprint density at radius 3 is 2.57 bits per heavy atom. The molecule has 1 aromatic carbocycles. The second-order valence-corrected chi connectivity index (χ2v) is 7.95. The number of nitrogens with one attached hydrogen (secondary N) is 1. The number of rotatable bonds is 3. The summed E-state index contributed by atoms with van der Waals surface area (Å²) in [6.45, 7) is 1.84. The minimum Gasteiger partial charge on any atom is -0.356 e. The Bertz CT molecular complexity index is 778. The molecule has 3 saturated heterocycles. The Kier molecular flexibility index (Phi) is 5.55. The van der Waals surface area contributed by atoms with Gasteiger partial charge in [-0.05, 0) is 30.9 Å². The van der Waals surface area contributed by atoms with Crippen LogP contribution in [0.25, 0.3) is 0 Å². The lowest BCUT2D eigenvalue weighted by molar-refractivity contribution is -0.156. The summed E-state index contributed by atoms with van der Waals surface area (Å²) in [7, 11) is 0. The van der Waals surface area contributed by atoms with Crippen LogP contribution in [0.5, 0.6) is 0 Å². The number of carbonyl (C=O) groups is 3. The van der Waals surface area contributed by atoms with Gasteiger partial charge in [0.05, 0.1) is 6.04 Å². The highest BCUT2D eigenvalue weighted by Gasteiger charge is 2.40. The van der Waals surface area contributed by atoms with Crippen molar-refractivity contribution in [1.82, 2.24) is 15.1 Å². The summed E-state index contributed by atoms with van der Waals surface area (Å²) < 4.78 is 5.64. The number of halogens is 1. The zero-order chi connectivity index (χ0) is 19.7. The predicted molar refractivity (Wildman–Crippen MR) is 103 cm³/mol. The Morgan fingerprint density at radius 2 is 1.89 bits per heavy atom. The van der Waals surface area contributed by atoms with E-state index in [1.165, 1.54) is 0 Å². The molecule has 150 valence electrons. The van der Waals surface area contributed by atoms with Crippen molar-refractivity contribution >= 4 is 29.3 Å². The SMILES string of the molecule is O=C1CO[C@H](C(=O)N2CCC(N3CCCC3=O)CC2)[C@@H](c2ccccc2Cl)N1. The normalized spacial score (nSPS) is 26.5. The molecule has 3 aliphatic heterocycles. The molecule has 8 heteroatoms. The molecule has 1 N–H and O–H groups in total. The number of hydrogen-bond donors (Lipinski definition) is 1. The van der Waals surface area contributed by atoms with Crippen molar-refractivity contribution in [2.75, 3.05) is 26.2 Å². The summed E-state index contributed by atoms with van der Waals surface area (Å²) >= 11 is 6.30. The average molecular weight is 406 g/mol. The van der Waals surface area contributed by atoms with E-state index in [4.69, 9.17) is 16.3 Å². The Hall–Kier alpha value is -2.12. The topological polar surface area (TPSA) is 79.0 Å². The van der Waals surface area contributed by atoms with E-state index in [2.05, 4.69) is 5.32 Å². The lowest BCUT2D eigenvalue weighted by Gasteiger charge is -2.40. The lowest BCUT2D eigenvalue weighted by atomic mass is 9.97. The molecule has 0 unspecified atom stereocenters. The molecule has 3 aliphatic rings. The first-order chi connectivity index (χ1) is 13.5. The fourth-order valence-corrected chi connectivity index (χ4v) is 4.62. The zero-order valence-corrected chi connectivity index (χ0v) is 16.4. The van der Waals surface area contributed by atoms with Crippen LogP contribution in [0.3, 0.4) is 0 Å². The van der Waals surface area contributed by atoms with Gasteiger partial charge >= 0.3 is 0 Å². The van der Waals surface area contributed by atoms with Gasteiger partial charge in [-0.25, -0.2) is 0 Å². The summed E-state index contributed by atoms with van der Waals surface area (Å²) in [4.78, 5) is 40.8. The first kappa shape index (κ1) is 19.2. The maximum absolute atomic E-state index is 13.2. The van der Waals surface area contributed by atoms with Crippen LogP contribution in [-0.4, -0.2) is 65.9 Å². The van der Waals surface area contributed by atoms with Crippen molar-refractivity contribution in [3.05, 3.63) is 34.9 Å². The number of amides is 3. The van der Waals surface area contributed by atoms with E-state index in [1.54, 1.807) is 23.1 Å². The van der Waals surface area contributed by atoms with Gasteiger partial charge < -0.3 is 19.9 Å². The van der Waals surface area contributed by atoms with Gasteiger partial charge in [0, 0.05) is 37.1 Å². The lowest BCUT2D eigenvalue weighted by Crippen LogP contribution is -2.55. The van der Waals surface area contributed by atoms with Crippen LogP contribution in [0.15, 0.2) is 24.3 Å². The summed E-state index contributed by atoms with van der Waals surface area (Å²) in [5.41, 5.74) is 0.674. The number of carbonyl (C=O) groups excluding carboxylic acids is 3. The van der Waals surface area contributed by atoms with Gasteiger partial charge in [0.2, 0.25) is 11.8 Å². The van der Waals surface area contributed by atoms with Crippen LogP contribution >= 0.6 is 11.6 Å². The first-order valence-corrected chi connectivity index (χ1v) is 10.2. The Morgan fingerprint density at radius 1 is 1.14 bits per heavy atom. The third-order valence-electron chi connectivity index (χ3n) is 5.82. The largest absolute Gasteiger partial charge is 0.356 e.